The van der Waals surface area contributed by atoms with Gasteiger partial charge in [0.25, 0.3) is 0 Å². The third kappa shape index (κ3) is 3.93. The van der Waals surface area contributed by atoms with Crippen LogP contribution in [0.15, 0.2) is 18.2 Å². The molecule has 1 atom stereocenters. The third-order valence-corrected chi connectivity index (χ3v) is 4.20. The van der Waals surface area contributed by atoms with Crippen molar-refractivity contribution >= 4 is 0 Å². The minimum absolute atomic E-state index is 0.106. The van der Waals surface area contributed by atoms with Crippen molar-refractivity contribution in [1.29, 1.82) is 0 Å². The van der Waals surface area contributed by atoms with Crippen LogP contribution in [0.25, 0.3) is 0 Å². The molecule has 1 unspecified atom stereocenters. The summed E-state index contributed by atoms with van der Waals surface area (Å²) in [6.45, 7) is 3.01. The summed E-state index contributed by atoms with van der Waals surface area (Å²) in [5.41, 5.74) is 1.03. The molecular formula is C16H24FNO2. The van der Waals surface area contributed by atoms with E-state index in [1.165, 1.54) is 13.2 Å². The number of aliphatic hydroxyl groups excluding tert-OH is 1. The summed E-state index contributed by atoms with van der Waals surface area (Å²) < 4.78 is 18.4. The van der Waals surface area contributed by atoms with Gasteiger partial charge in [-0.25, -0.2) is 4.39 Å². The van der Waals surface area contributed by atoms with Gasteiger partial charge in [-0.05, 0) is 62.8 Å². The zero-order valence-electron chi connectivity index (χ0n) is 12.2. The second-order valence-electron chi connectivity index (χ2n) is 5.70. The summed E-state index contributed by atoms with van der Waals surface area (Å²) in [6, 6.07) is 5.15. The van der Waals surface area contributed by atoms with Gasteiger partial charge in [-0.15, -0.1) is 0 Å². The van der Waals surface area contributed by atoms with E-state index in [9.17, 15) is 9.50 Å². The smallest absolute Gasteiger partial charge is 0.165 e. The molecule has 0 spiro atoms. The molecule has 20 heavy (non-hydrogen) atoms. The first kappa shape index (κ1) is 15.3. The summed E-state index contributed by atoms with van der Waals surface area (Å²) in [4.78, 5) is 0. The molecule has 0 aliphatic heterocycles. The van der Waals surface area contributed by atoms with Gasteiger partial charge in [0.2, 0.25) is 0 Å². The normalized spacial score (nSPS) is 24.4. The number of halogens is 1. The number of benzene rings is 1. The predicted octanol–water partition coefficient (Wildman–Crippen LogP) is 3.04. The Morgan fingerprint density at radius 3 is 2.70 bits per heavy atom. The molecule has 1 aromatic carbocycles. The van der Waals surface area contributed by atoms with Gasteiger partial charge in [0.1, 0.15) is 0 Å². The van der Waals surface area contributed by atoms with E-state index in [1.54, 1.807) is 12.1 Å². The molecule has 1 aliphatic carbocycles. The van der Waals surface area contributed by atoms with Gasteiger partial charge >= 0.3 is 0 Å². The van der Waals surface area contributed by atoms with Crippen molar-refractivity contribution in [1.82, 2.24) is 5.32 Å². The number of hydrogen-bond acceptors (Lipinski definition) is 3. The lowest BCUT2D eigenvalue weighted by Crippen LogP contribution is -2.29. The van der Waals surface area contributed by atoms with Gasteiger partial charge in [-0.3, -0.25) is 0 Å². The van der Waals surface area contributed by atoms with Gasteiger partial charge in [-0.1, -0.05) is 6.07 Å². The number of methoxy groups -OCH3 is 1. The molecule has 0 radical (unpaired) electrons. The van der Waals surface area contributed by atoms with Crippen LogP contribution in [0.1, 0.15) is 44.2 Å². The van der Waals surface area contributed by atoms with Crippen LogP contribution in [0.3, 0.4) is 0 Å². The molecule has 0 saturated heterocycles. The maximum absolute atomic E-state index is 13.4. The second kappa shape index (κ2) is 7.04. The highest BCUT2D eigenvalue weighted by atomic mass is 19.1. The van der Waals surface area contributed by atoms with E-state index >= 15 is 0 Å². The quantitative estimate of drug-likeness (QED) is 0.871. The van der Waals surface area contributed by atoms with Crippen LogP contribution in [-0.4, -0.2) is 24.9 Å². The van der Waals surface area contributed by atoms with E-state index in [1.807, 2.05) is 0 Å². The Hall–Kier alpha value is -1.13. The van der Waals surface area contributed by atoms with Crippen LogP contribution in [0, 0.1) is 11.7 Å². The molecule has 2 rings (SSSR count). The number of ether oxygens (including phenoxy) is 1. The highest BCUT2D eigenvalue weighted by Gasteiger charge is 2.20. The molecule has 0 amide bonds. The minimum atomic E-state index is -0.329. The minimum Gasteiger partial charge on any atom is -0.494 e. The van der Waals surface area contributed by atoms with Gasteiger partial charge in [0.05, 0.1) is 13.2 Å². The Morgan fingerprint density at radius 2 is 2.05 bits per heavy atom. The van der Waals surface area contributed by atoms with E-state index in [-0.39, 0.29) is 23.7 Å². The van der Waals surface area contributed by atoms with Crippen LogP contribution < -0.4 is 10.1 Å². The van der Waals surface area contributed by atoms with Crippen molar-refractivity contribution in [2.24, 2.45) is 5.92 Å². The molecule has 4 heteroatoms. The molecule has 1 aromatic rings. The number of aliphatic hydroxyl groups is 1. The van der Waals surface area contributed by atoms with E-state index in [4.69, 9.17) is 4.74 Å². The SMILES string of the molecule is COc1cc(C(C)NCC2CCC(O)CC2)ccc1F. The average Bonchev–Trinajstić information content (AvgIpc) is 2.47. The molecule has 0 bridgehead atoms. The molecule has 0 heterocycles. The lowest BCUT2D eigenvalue weighted by Gasteiger charge is -2.27. The fourth-order valence-electron chi connectivity index (χ4n) is 2.76. The standard InChI is InChI=1S/C16H24FNO2/c1-11(13-5-8-15(17)16(9-13)20-2)18-10-12-3-6-14(19)7-4-12/h5,8-9,11-12,14,18-19H,3-4,6-7,10H2,1-2H3. The van der Waals surface area contributed by atoms with Crippen LogP contribution in [0.2, 0.25) is 0 Å². The van der Waals surface area contributed by atoms with Crippen molar-refractivity contribution < 1.29 is 14.2 Å². The summed E-state index contributed by atoms with van der Waals surface area (Å²) in [5, 5.41) is 13.0. The lowest BCUT2D eigenvalue weighted by molar-refractivity contribution is 0.108. The Kier molecular flexibility index (Phi) is 5.38. The highest BCUT2D eigenvalue weighted by molar-refractivity contribution is 5.31. The van der Waals surface area contributed by atoms with Crippen molar-refractivity contribution in [3.8, 4) is 5.75 Å². The fraction of sp³-hybridized carbons (Fsp3) is 0.625. The maximum Gasteiger partial charge on any atom is 0.165 e. The summed E-state index contributed by atoms with van der Waals surface area (Å²) in [7, 11) is 1.48. The highest BCUT2D eigenvalue weighted by Crippen LogP contribution is 2.25. The zero-order valence-corrected chi connectivity index (χ0v) is 12.2. The first-order valence-electron chi connectivity index (χ1n) is 7.35. The maximum atomic E-state index is 13.4. The zero-order chi connectivity index (χ0) is 14.5. The predicted molar refractivity (Wildman–Crippen MR) is 77.3 cm³/mol. The summed E-state index contributed by atoms with van der Waals surface area (Å²) in [6.07, 6.45) is 3.86. The van der Waals surface area contributed by atoms with Crippen LogP contribution in [-0.2, 0) is 0 Å². The lowest BCUT2D eigenvalue weighted by atomic mass is 9.87. The Morgan fingerprint density at radius 1 is 1.35 bits per heavy atom. The monoisotopic (exact) mass is 281 g/mol. The summed E-state index contributed by atoms with van der Waals surface area (Å²) in [5.74, 6) is 0.588. The van der Waals surface area contributed by atoms with Gasteiger partial charge in [-0.2, -0.15) is 0 Å². The van der Waals surface area contributed by atoms with Gasteiger partial charge in [0, 0.05) is 6.04 Å². The molecule has 0 aromatic heterocycles. The van der Waals surface area contributed by atoms with E-state index in [2.05, 4.69) is 12.2 Å². The van der Waals surface area contributed by atoms with Crippen molar-refractivity contribution in [3.63, 3.8) is 0 Å². The van der Waals surface area contributed by atoms with Crippen LogP contribution in [0.4, 0.5) is 4.39 Å². The Labute approximate surface area is 120 Å². The van der Waals surface area contributed by atoms with Gasteiger partial charge < -0.3 is 15.2 Å². The third-order valence-electron chi connectivity index (χ3n) is 4.20. The van der Waals surface area contributed by atoms with Crippen molar-refractivity contribution in [3.05, 3.63) is 29.6 Å². The first-order valence-corrected chi connectivity index (χ1v) is 7.35. The Bertz CT molecular complexity index is 430. The molecule has 3 nitrogen and oxygen atoms in total. The molecular weight excluding hydrogens is 257 g/mol. The van der Waals surface area contributed by atoms with Crippen molar-refractivity contribution in [2.75, 3.05) is 13.7 Å². The Balaban J connectivity index is 1.86. The first-order chi connectivity index (χ1) is 9.60. The van der Waals surface area contributed by atoms with Gasteiger partial charge in [0.15, 0.2) is 11.6 Å². The van der Waals surface area contributed by atoms with Crippen LogP contribution in [0.5, 0.6) is 5.75 Å². The molecule has 1 aliphatic rings. The van der Waals surface area contributed by atoms with Crippen LogP contribution >= 0.6 is 0 Å². The molecule has 112 valence electrons. The topological polar surface area (TPSA) is 41.5 Å². The van der Waals surface area contributed by atoms with Crippen molar-refractivity contribution in [2.45, 2.75) is 44.8 Å². The van der Waals surface area contributed by atoms with E-state index in [0.29, 0.717) is 5.92 Å². The molecule has 1 saturated carbocycles. The van der Waals surface area contributed by atoms with E-state index in [0.717, 1.165) is 37.8 Å². The second-order valence-corrected chi connectivity index (χ2v) is 5.70. The number of nitrogens with one attached hydrogen (secondary N) is 1. The molecule has 2 N–H and O–H groups in total. The summed E-state index contributed by atoms with van der Waals surface area (Å²) >= 11 is 0. The average molecular weight is 281 g/mol. The number of rotatable bonds is 5. The number of hydrogen-bond donors (Lipinski definition) is 2. The largest absolute Gasteiger partial charge is 0.494 e. The van der Waals surface area contributed by atoms with E-state index < -0.39 is 0 Å². The fourth-order valence-corrected chi connectivity index (χ4v) is 2.76. The molecule has 1 fully saturated rings.